The van der Waals surface area contributed by atoms with Crippen molar-refractivity contribution in [2.24, 2.45) is 0 Å². The summed E-state index contributed by atoms with van der Waals surface area (Å²) in [5.74, 6) is -0.458. The molecule has 196 valence electrons. The zero-order valence-corrected chi connectivity index (χ0v) is 22.0. The van der Waals surface area contributed by atoms with Crippen LogP contribution in [0.2, 0.25) is 0 Å². The predicted octanol–water partition coefficient (Wildman–Crippen LogP) is 6.29. The molecular formula is C30H32FN5O2. The van der Waals surface area contributed by atoms with Crippen molar-refractivity contribution in [2.75, 3.05) is 17.2 Å². The number of nitrogens with one attached hydrogen (secondary N) is 2. The van der Waals surface area contributed by atoms with Gasteiger partial charge < -0.3 is 15.5 Å². The van der Waals surface area contributed by atoms with E-state index in [1.165, 1.54) is 17.0 Å². The maximum atomic E-state index is 14.2. The number of carbonyl (C=O) groups excluding carboxylic acids is 2. The number of anilines is 2. The molecule has 3 amide bonds. The zero-order valence-electron chi connectivity index (χ0n) is 22.0. The zero-order chi connectivity index (χ0) is 27.3. The molecule has 0 radical (unpaired) electrons. The normalized spacial score (nSPS) is 11.2. The third kappa shape index (κ3) is 6.64. The lowest BCUT2D eigenvalue weighted by Crippen LogP contribution is -2.40. The number of rotatable bonds is 7. The topological polar surface area (TPSA) is 79.3 Å². The molecule has 0 aliphatic rings. The Morgan fingerprint density at radius 1 is 0.921 bits per heavy atom. The molecule has 0 fully saturated rings. The minimum Gasteiger partial charge on any atom is -0.311 e. The van der Waals surface area contributed by atoms with Gasteiger partial charge in [-0.3, -0.25) is 4.79 Å². The van der Waals surface area contributed by atoms with Crippen molar-refractivity contribution in [3.63, 3.8) is 0 Å². The third-order valence-electron chi connectivity index (χ3n) is 5.94. The maximum Gasteiger partial charge on any atom is 0.322 e. The summed E-state index contributed by atoms with van der Waals surface area (Å²) in [5.41, 5.74) is 3.33. The molecule has 4 aromatic rings. The number of hydrogen-bond acceptors (Lipinski definition) is 3. The van der Waals surface area contributed by atoms with E-state index >= 15 is 0 Å². The molecule has 0 spiro atoms. The van der Waals surface area contributed by atoms with Crippen molar-refractivity contribution >= 4 is 23.4 Å². The highest BCUT2D eigenvalue weighted by Crippen LogP contribution is 2.26. The van der Waals surface area contributed by atoms with Crippen LogP contribution >= 0.6 is 0 Å². The molecule has 0 saturated heterocycles. The van der Waals surface area contributed by atoms with E-state index < -0.39 is 17.8 Å². The average Bonchev–Trinajstić information content (AvgIpc) is 3.30. The molecule has 0 bridgehead atoms. The van der Waals surface area contributed by atoms with E-state index in [2.05, 4.69) is 31.4 Å². The maximum absolute atomic E-state index is 14.2. The van der Waals surface area contributed by atoms with Crippen LogP contribution in [0.4, 0.5) is 20.7 Å². The Labute approximate surface area is 222 Å². The van der Waals surface area contributed by atoms with Gasteiger partial charge >= 0.3 is 6.03 Å². The number of carbonyl (C=O) groups is 2. The molecule has 7 nitrogen and oxygen atoms in total. The molecule has 38 heavy (non-hydrogen) atoms. The fourth-order valence-corrected chi connectivity index (χ4v) is 3.91. The summed E-state index contributed by atoms with van der Waals surface area (Å²) >= 11 is 0. The largest absolute Gasteiger partial charge is 0.322 e. The first kappa shape index (κ1) is 26.6. The van der Waals surface area contributed by atoms with Crippen LogP contribution in [0.15, 0.2) is 84.9 Å². The highest BCUT2D eigenvalue weighted by Gasteiger charge is 2.24. The molecule has 0 unspecified atom stereocenters. The molecule has 8 heteroatoms. The Morgan fingerprint density at radius 2 is 1.63 bits per heavy atom. The van der Waals surface area contributed by atoms with Crippen LogP contribution in [-0.4, -0.2) is 33.2 Å². The van der Waals surface area contributed by atoms with Gasteiger partial charge in [-0.25, -0.2) is 13.9 Å². The number of urea groups is 1. The molecule has 4 rings (SSSR count). The smallest absolute Gasteiger partial charge is 0.311 e. The van der Waals surface area contributed by atoms with Gasteiger partial charge in [-0.1, -0.05) is 75.4 Å². The van der Waals surface area contributed by atoms with Gasteiger partial charge in [-0.05, 0) is 42.3 Å². The van der Waals surface area contributed by atoms with Crippen molar-refractivity contribution in [1.82, 2.24) is 14.7 Å². The second kappa shape index (κ2) is 11.3. The van der Waals surface area contributed by atoms with Gasteiger partial charge in [0.1, 0.15) is 18.2 Å². The van der Waals surface area contributed by atoms with Crippen molar-refractivity contribution in [3.8, 4) is 5.69 Å². The Kier molecular flexibility index (Phi) is 7.90. The fourth-order valence-electron chi connectivity index (χ4n) is 3.91. The number of benzene rings is 3. The molecular weight excluding hydrogens is 481 g/mol. The first-order chi connectivity index (χ1) is 18.1. The standard InChI is InChI=1S/C30H32FN5O2/c1-21-11-10-14-23(17-21)36-27(18-26(34-36)30(2,3)4)33-28(37)20-35(19-22-12-6-5-7-13-22)29(38)32-25-16-9-8-15-24(25)31/h5-18H,19-20H2,1-4H3,(H,32,38)(H,33,37). The monoisotopic (exact) mass is 513 g/mol. The van der Waals surface area contributed by atoms with E-state index in [1.54, 1.807) is 16.8 Å². The van der Waals surface area contributed by atoms with E-state index in [0.29, 0.717) is 5.82 Å². The predicted molar refractivity (Wildman–Crippen MR) is 148 cm³/mol. The molecule has 1 aromatic heterocycles. The summed E-state index contributed by atoms with van der Waals surface area (Å²) in [5, 5.41) is 10.3. The lowest BCUT2D eigenvalue weighted by atomic mass is 9.92. The number of amides is 3. The summed E-state index contributed by atoms with van der Waals surface area (Å²) in [6, 6.07) is 24.3. The van der Waals surface area contributed by atoms with E-state index in [4.69, 9.17) is 5.10 Å². The van der Waals surface area contributed by atoms with E-state index in [1.807, 2.05) is 67.6 Å². The van der Waals surface area contributed by atoms with Gasteiger partial charge in [0, 0.05) is 18.0 Å². The van der Waals surface area contributed by atoms with Crippen LogP contribution in [0.3, 0.4) is 0 Å². The molecule has 0 aliphatic heterocycles. The van der Waals surface area contributed by atoms with Crippen LogP contribution in [0.1, 0.15) is 37.6 Å². The van der Waals surface area contributed by atoms with Gasteiger partial charge in [-0.15, -0.1) is 0 Å². The van der Waals surface area contributed by atoms with Crippen LogP contribution in [-0.2, 0) is 16.8 Å². The summed E-state index contributed by atoms with van der Waals surface area (Å²) in [4.78, 5) is 27.8. The number of aromatic nitrogens is 2. The minimum atomic E-state index is -0.586. The van der Waals surface area contributed by atoms with Crippen LogP contribution < -0.4 is 10.6 Å². The summed E-state index contributed by atoms with van der Waals surface area (Å²) in [7, 11) is 0. The first-order valence-electron chi connectivity index (χ1n) is 12.4. The Bertz CT molecular complexity index is 1430. The molecule has 3 aromatic carbocycles. The molecule has 0 saturated carbocycles. The lowest BCUT2D eigenvalue weighted by Gasteiger charge is -2.23. The highest BCUT2D eigenvalue weighted by atomic mass is 19.1. The second-order valence-electron chi connectivity index (χ2n) is 10.2. The van der Waals surface area contributed by atoms with Crippen LogP contribution in [0.25, 0.3) is 5.69 Å². The van der Waals surface area contributed by atoms with Crippen LogP contribution in [0.5, 0.6) is 0 Å². The number of halogens is 1. The van der Waals surface area contributed by atoms with Gasteiger partial charge in [0.2, 0.25) is 5.91 Å². The molecule has 1 heterocycles. The number of hydrogen-bond donors (Lipinski definition) is 2. The second-order valence-corrected chi connectivity index (χ2v) is 10.2. The SMILES string of the molecule is Cc1cccc(-n2nc(C(C)(C)C)cc2NC(=O)CN(Cc2ccccc2)C(=O)Nc2ccccc2F)c1. The van der Waals surface area contributed by atoms with Crippen molar-refractivity contribution < 1.29 is 14.0 Å². The van der Waals surface area contributed by atoms with Crippen molar-refractivity contribution in [3.05, 3.63) is 108 Å². The quantitative estimate of drug-likeness (QED) is 0.305. The fraction of sp³-hybridized carbons (Fsp3) is 0.233. The first-order valence-corrected chi connectivity index (χ1v) is 12.4. The number of para-hydroxylation sites is 1. The summed E-state index contributed by atoms with van der Waals surface area (Å²) < 4.78 is 15.9. The lowest BCUT2D eigenvalue weighted by molar-refractivity contribution is -0.116. The molecule has 2 N–H and O–H groups in total. The molecule has 0 aliphatic carbocycles. The number of aryl methyl sites for hydroxylation is 1. The Balaban J connectivity index is 1.59. The summed E-state index contributed by atoms with van der Waals surface area (Å²) in [6.45, 7) is 8.06. The Hall–Kier alpha value is -4.46. The van der Waals surface area contributed by atoms with E-state index in [0.717, 1.165) is 22.5 Å². The highest BCUT2D eigenvalue weighted by molar-refractivity contribution is 5.96. The average molecular weight is 514 g/mol. The third-order valence-corrected chi connectivity index (χ3v) is 5.94. The minimum absolute atomic E-state index is 0.0447. The van der Waals surface area contributed by atoms with Crippen molar-refractivity contribution in [2.45, 2.75) is 39.7 Å². The molecule has 0 atom stereocenters. The summed E-state index contributed by atoms with van der Waals surface area (Å²) in [6.07, 6.45) is 0. The van der Waals surface area contributed by atoms with Crippen molar-refractivity contribution in [1.29, 1.82) is 0 Å². The van der Waals surface area contributed by atoms with Gasteiger partial charge in [0.05, 0.1) is 17.1 Å². The Morgan fingerprint density at radius 3 is 2.32 bits per heavy atom. The van der Waals surface area contributed by atoms with E-state index in [-0.39, 0.29) is 24.2 Å². The number of nitrogens with zero attached hydrogens (tertiary/aromatic N) is 3. The van der Waals surface area contributed by atoms with E-state index in [9.17, 15) is 14.0 Å². The van der Waals surface area contributed by atoms with Gasteiger partial charge in [0.15, 0.2) is 0 Å². The van der Waals surface area contributed by atoms with Gasteiger partial charge in [-0.2, -0.15) is 5.10 Å². The van der Waals surface area contributed by atoms with Gasteiger partial charge in [0.25, 0.3) is 0 Å². The van der Waals surface area contributed by atoms with Crippen LogP contribution in [0, 0.1) is 12.7 Å².